The number of nitrogens with zero attached hydrogens (tertiary/aromatic N) is 5. The SMILES string of the molecule is CCn1ccc(-c2cccc(Sc3cnc(N4CCC5(CC4)CO[C@@H](C)[C@H]5N)nc3)c2Cl)n1. The van der Waals surface area contributed by atoms with E-state index in [1.165, 1.54) is 0 Å². The van der Waals surface area contributed by atoms with E-state index < -0.39 is 0 Å². The van der Waals surface area contributed by atoms with Gasteiger partial charge in [0.15, 0.2) is 0 Å². The Morgan fingerprint density at radius 3 is 2.61 bits per heavy atom. The highest BCUT2D eigenvalue weighted by Gasteiger charge is 2.47. The Hall–Kier alpha value is -2.13. The Balaban J connectivity index is 1.26. The highest BCUT2D eigenvalue weighted by molar-refractivity contribution is 7.99. The minimum Gasteiger partial charge on any atom is -0.376 e. The van der Waals surface area contributed by atoms with Gasteiger partial charge in [0.1, 0.15) is 0 Å². The van der Waals surface area contributed by atoms with Crippen LogP contribution in [0.25, 0.3) is 11.3 Å². The van der Waals surface area contributed by atoms with E-state index in [0.717, 1.165) is 66.1 Å². The number of rotatable bonds is 5. The van der Waals surface area contributed by atoms with Crippen molar-refractivity contribution in [3.63, 3.8) is 0 Å². The number of hydrogen-bond donors (Lipinski definition) is 1. The highest BCUT2D eigenvalue weighted by atomic mass is 35.5. The quantitative estimate of drug-likeness (QED) is 0.571. The number of piperidine rings is 1. The molecule has 7 nitrogen and oxygen atoms in total. The lowest BCUT2D eigenvalue weighted by atomic mass is 9.73. The van der Waals surface area contributed by atoms with Crippen molar-refractivity contribution in [2.24, 2.45) is 11.1 Å². The number of hydrogen-bond acceptors (Lipinski definition) is 7. The van der Waals surface area contributed by atoms with E-state index in [0.29, 0.717) is 5.02 Å². The van der Waals surface area contributed by atoms with Crippen LogP contribution in [0.5, 0.6) is 0 Å². The van der Waals surface area contributed by atoms with Crippen molar-refractivity contribution in [1.82, 2.24) is 19.7 Å². The van der Waals surface area contributed by atoms with Crippen molar-refractivity contribution in [1.29, 1.82) is 0 Å². The molecule has 0 radical (unpaired) electrons. The third kappa shape index (κ3) is 4.37. The van der Waals surface area contributed by atoms with Crippen LogP contribution in [-0.4, -0.2) is 51.6 Å². The van der Waals surface area contributed by atoms with Crippen LogP contribution in [0.1, 0.15) is 26.7 Å². The van der Waals surface area contributed by atoms with Crippen LogP contribution < -0.4 is 10.6 Å². The predicted molar refractivity (Wildman–Crippen MR) is 132 cm³/mol. The van der Waals surface area contributed by atoms with Crippen LogP contribution in [-0.2, 0) is 11.3 Å². The van der Waals surface area contributed by atoms with Crippen LogP contribution in [0.4, 0.5) is 5.95 Å². The molecule has 1 spiro atoms. The fraction of sp³-hybridized carbons (Fsp3) is 0.458. The lowest BCUT2D eigenvalue weighted by Gasteiger charge is -2.41. The van der Waals surface area contributed by atoms with Gasteiger partial charge < -0.3 is 15.4 Å². The van der Waals surface area contributed by atoms with Crippen molar-refractivity contribution in [2.75, 3.05) is 24.6 Å². The van der Waals surface area contributed by atoms with E-state index in [2.05, 4.69) is 33.8 Å². The molecule has 2 aromatic heterocycles. The van der Waals surface area contributed by atoms with Gasteiger partial charge in [0.25, 0.3) is 0 Å². The van der Waals surface area contributed by atoms with Crippen LogP contribution in [0.15, 0.2) is 52.6 Å². The fourth-order valence-electron chi connectivity index (χ4n) is 4.75. The summed E-state index contributed by atoms with van der Waals surface area (Å²) in [5, 5.41) is 5.28. The Bertz CT molecular complexity index is 1110. The molecule has 33 heavy (non-hydrogen) atoms. The molecule has 5 rings (SSSR count). The van der Waals surface area contributed by atoms with Gasteiger partial charge in [0.05, 0.1) is 23.4 Å². The molecule has 0 unspecified atom stereocenters. The summed E-state index contributed by atoms with van der Waals surface area (Å²) in [6.45, 7) is 7.52. The lowest BCUT2D eigenvalue weighted by Crippen LogP contribution is -2.50. The smallest absolute Gasteiger partial charge is 0.225 e. The first-order chi connectivity index (χ1) is 16.0. The second-order valence-electron chi connectivity index (χ2n) is 8.89. The molecule has 0 bridgehead atoms. The Morgan fingerprint density at radius 2 is 1.97 bits per heavy atom. The predicted octanol–water partition coefficient (Wildman–Crippen LogP) is 4.50. The monoisotopic (exact) mass is 484 g/mol. The van der Waals surface area contributed by atoms with Crippen LogP contribution in [0.2, 0.25) is 5.02 Å². The van der Waals surface area contributed by atoms with Crippen molar-refractivity contribution in [3.8, 4) is 11.3 Å². The molecule has 4 heterocycles. The van der Waals surface area contributed by atoms with Crippen LogP contribution >= 0.6 is 23.4 Å². The Kier molecular flexibility index (Phi) is 6.35. The van der Waals surface area contributed by atoms with Crippen LogP contribution in [0, 0.1) is 5.41 Å². The number of ether oxygens (including phenoxy) is 1. The molecular formula is C24H29ClN6OS. The zero-order valence-corrected chi connectivity index (χ0v) is 20.5. The molecule has 2 saturated heterocycles. The van der Waals surface area contributed by atoms with E-state index in [1.807, 2.05) is 47.5 Å². The first-order valence-electron chi connectivity index (χ1n) is 11.4. The van der Waals surface area contributed by atoms with Gasteiger partial charge in [0.2, 0.25) is 5.95 Å². The maximum Gasteiger partial charge on any atom is 0.225 e. The summed E-state index contributed by atoms with van der Waals surface area (Å²) in [5.41, 5.74) is 8.34. The summed E-state index contributed by atoms with van der Waals surface area (Å²) >= 11 is 8.30. The molecule has 2 aliphatic rings. The Labute approximate surface area is 203 Å². The number of benzene rings is 1. The normalized spacial score (nSPS) is 22.2. The molecule has 2 atom stereocenters. The van der Waals surface area contributed by atoms with E-state index in [9.17, 15) is 0 Å². The standard InChI is InChI=1S/C24H29ClN6OS/c1-3-31-10-7-19(29-31)18-5-4-6-20(21(18)25)33-17-13-27-23(28-14-17)30-11-8-24(9-12-30)15-32-16(2)22(24)26/h4-7,10,13-14,16,22H,3,8-9,11-12,15,26H2,1-2H3/t16-,22+/m0/s1. The third-order valence-electron chi connectivity index (χ3n) is 6.93. The summed E-state index contributed by atoms with van der Waals surface area (Å²) in [6.07, 6.45) is 7.87. The molecule has 2 aliphatic heterocycles. The van der Waals surface area contributed by atoms with E-state index in [-0.39, 0.29) is 17.6 Å². The molecule has 174 valence electrons. The van der Waals surface area contributed by atoms with Gasteiger partial charge in [-0.3, -0.25) is 4.68 Å². The van der Waals surface area contributed by atoms with Crippen molar-refractivity contribution >= 4 is 29.3 Å². The van der Waals surface area contributed by atoms with Gasteiger partial charge in [-0.15, -0.1) is 0 Å². The van der Waals surface area contributed by atoms with Gasteiger partial charge in [-0.05, 0) is 38.8 Å². The second kappa shape index (κ2) is 9.25. The molecule has 3 aromatic rings. The van der Waals surface area contributed by atoms with Crippen molar-refractivity contribution < 1.29 is 4.74 Å². The average molecular weight is 485 g/mol. The molecule has 9 heteroatoms. The summed E-state index contributed by atoms with van der Waals surface area (Å²) in [5.74, 6) is 0.764. The number of halogens is 1. The zero-order valence-electron chi connectivity index (χ0n) is 18.9. The Morgan fingerprint density at radius 1 is 1.21 bits per heavy atom. The topological polar surface area (TPSA) is 82.1 Å². The molecule has 2 fully saturated rings. The molecule has 1 aromatic carbocycles. The molecule has 0 saturated carbocycles. The molecule has 0 aliphatic carbocycles. The van der Waals surface area contributed by atoms with E-state index >= 15 is 0 Å². The summed E-state index contributed by atoms with van der Waals surface area (Å²) in [4.78, 5) is 13.4. The largest absolute Gasteiger partial charge is 0.376 e. The van der Waals surface area contributed by atoms with E-state index in [1.54, 1.807) is 11.8 Å². The van der Waals surface area contributed by atoms with Crippen molar-refractivity contribution in [3.05, 3.63) is 47.9 Å². The van der Waals surface area contributed by atoms with Gasteiger partial charge in [-0.1, -0.05) is 35.5 Å². The van der Waals surface area contributed by atoms with Crippen molar-refractivity contribution in [2.45, 2.75) is 55.2 Å². The first kappa shape index (κ1) is 22.7. The van der Waals surface area contributed by atoms with Crippen LogP contribution in [0.3, 0.4) is 0 Å². The first-order valence-corrected chi connectivity index (χ1v) is 12.6. The number of nitrogens with two attached hydrogens (primary N) is 1. The second-order valence-corrected chi connectivity index (χ2v) is 10.4. The van der Waals surface area contributed by atoms with E-state index in [4.69, 9.17) is 22.1 Å². The summed E-state index contributed by atoms with van der Waals surface area (Å²) in [7, 11) is 0. The van der Waals surface area contributed by atoms with Gasteiger partial charge in [-0.25, -0.2) is 9.97 Å². The number of aryl methyl sites for hydroxylation is 1. The number of anilines is 1. The number of aromatic nitrogens is 4. The van der Waals surface area contributed by atoms with Gasteiger partial charge in [0, 0.05) is 65.0 Å². The maximum absolute atomic E-state index is 6.74. The minimum absolute atomic E-state index is 0.0977. The highest BCUT2D eigenvalue weighted by Crippen LogP contribution is 2.42. The maximum atomic E-state index is 6.74. The minimum atomic E-state index is 0.0977. The fourth-order valence-corrected chi connectivity index (χ4v) is 5.90. The molecule has 2 N–H and O–H groups in total. The summed E-state index contributed by atoms with van der Waals surface area (Å²) < 4.78 is 7.73. The molecular weight excluding hydrogens is 456 g/mol. The molecule has 0 amide bonds. The van der Waals surface area contributed by atoms with Gasteiger partial charge in [-0.2, -0.15) is 5.10 Å². The van der Waals surface area contributed by atoms with Gasteiger partial charge >= 0.3 is 0 Å². The third-order valence-corrected chi connectivity index (χ3v) is 8.46. The summed E-state index contributed by atoms with van der Waals surface area (Å²) in [6, 6.07) is 8.12. The average Bonchev–Trinajstić information content (AvgIpc) is 3.43. The lowest BCUT2D eigenvalue weighted by molar-refractivity contribution is 0.0973. The zero-order chi connectivity index (χ0) is 23.0.